The molecule has 0 heterocycles. The zero-order chi connectivity index (χ0) is 15.3. The van der Waals surface area contributed by atoms with Gasteiger partial charge in [-0.05, 0) is 37.7 Å². The minimum atomic E-state index is -0.253. The van der Waals surface area contributed by atoms with E-state index in [-0.39, 0.29) is 22.6 Å². The van der Waals surface area contributed by atoms with E-state index in [0.29, 0.717) is 12.1 Å². The van der Waals surface area contributed by atoms with E-state index in [9.17, 15) is 9.90 Å². The van der Waals surface area contributed by atoms with E-state index in [1.807, 2.05) is 20.2 Å². The van der Waals surface area contributed by atoms with E-state index in [4.69, 9.17) is 5.26 Å². The maximum absolute atomic E-state index is 12.0. The van der Waals surface area contributed by atoms with Crippen LogP contribution in [-0.2, 0) is 0 Å². The molecule has 5 heteroatoms. The summed E-state index contributed by atoms with van der Waals surface area (Å²) in [5, 5.41) is 21.2. The van der Waals surface area contributed by atoms with E-state index in [0.717, 1.165) is 6.54 Å². The number of aromatic hydroxyl groups is 1. The predicted molar refractivity (Wildman–Crippen MR) is 77.5 cm³/mol. The topological polar surface area (TPSA) is 76.4 Å². The van der Waals surface area contributed by atoms with Crippen LogP contribution in [0.15, 0.2) is 18.2 Å². The highest BCUT2D eigenvalue weighted by Crippen LogP contribution is 2.18. The Kier molecular flexibility index (Phi) is 5.12. The summed E-state index contributed by atoms with van der Waals surface area (Å²) in [4.78, 5) is 14.1. The Labute approximate surface area is 119 Å². The molecule has 0 aromatic heterocycles. The van der Waals surface area contributed by atoms with Crippen molar-refractivity contribution in [3.8, 4) is 11.8 Å². The van der Waals surface area contributed by atoms with Crippen LogP contribution in [0.25, 0.3) is 0 Å². The second kappa shape index (κ2) is 6.40. The summed E-state index contributed by atoms with van der Waals surface area (Å²) in [7, 11) is 3.98. The van der Waals surface area contributed by atoms with Gasteiger partial charge in [0.2, 0.25) is 0 Å². The molecule has 0 radical (unpaired) electrons. The molecule has 0 aliphatic carbocycles. The van der Waals surface area contributed by atoms with Gasteiger partial charge < -0.3 is 15.3 Å². The van der Waals surface area contributed by atoms with Crippen molar-refractivity contribution in [1.82, 2.24) is 10.2 Å². The van der Waals surface area contributed by atoms with Gasteiger partial charge in [0.25, 0.3) is 5.91 Å². The Balaban J connectivity index is 2.68. The molecule has 2 N–H and O–H groups in total. The molecule has 0 fully saturated rings. The Morgan fingerprint density at radius 3 is 2.60 bits per heavy atom. The van der Waals surface area contributed by atoms with Crippen molar-refractivity contribution in [3.63, 3.8) is 0 Å². The van der Waals surface area contributed by atoms with Crippen LogP contribution in [0.4, 0.5) is 0 Å². The van der Waals surface area contributed by atoms with Crippen LogP contribution in [0, 0.1) is 16.7 Å². The second-order valence-corrected chi connectivity index (χ2v) is 5.93. The van der Waals surface area contributed by atoms with Crippen molar-refractivity contribution in [2.75, 3.05) is 27.2 Å². The number of nitrogens with zero attached hydrogens (tertiary/aromatic N) is 2. The fourth-order valence-corrected chi connectivity index (χ4v) is 2.10. The van der Waals surface area contributed by atoms with Crippen molar-refractivity contribution in [1.29, 1.82) is 5.26 Å². The summed E-state index contributed by atoms with van der Waals surface area (Å²) in [5.41, 5.74) is 0.463. The normalized spacial score (nSPS) is 11.2. The summed E-state index contributed by atoms with van der Waals surface area (Å²) in [6.45, 7) is 5.53. The number of amides is 1. The lowest BCUT2D eigenvalue weighted by atomic mass is 9.93. The van der Waals surface area contributed by atoms with Crippen LogP contribution in [-0.4, -0.2) is 43.1 Å². The minimum absolute atomic E-state index is 0.0478. The molecule has 0 atom stereocenters. The number of benzene rings is 1. The number of nitriles is 1. The Bertz CT molecular complexity index is 530. The van der Waals surface area contributed by atoms with E-state index in [1.165, 1.54) is 18.2 Å². The Morgan fingerprint density at radius 2 is 2.10 bits per heavy atom. The first kappa shape index (κ1) is 16.0. The number of hydrogen-bond donors (Lipinski definition) is 2. The molecule has 5 nitrogen and oxygen atoms in total. The van der Waals surface area contributed by atoms with Gasteiger partial charge in [0.15, 0.2) is 0 Å². The highest BCUT2D eigenvalue weighted by molar-refractivity contribution is 5.94. The third-order valence-electron chi connectivity index (χ3n) is 2.85. The number of carbonyl (C=O) groups excluding carboxylic acids is 1. The maximum atomic E-state index is 12.0. The zero-order valence-electron chi connectivity index (χ0n) is 12.4. The molecular weight excluding hydrogens is 254 g/mol. The summed E-state index contributed by atoms with van der Waals surface area (Å²) in [5.74, 6) is -0.427. The van der Waals surface area contributed by atoms with Gasteiger partial charge in [-0.15, -0.1) is 0 Å². The largest absolute Gasteiger partial charge is 0.507 e. The van der Waals surface area contributed by atoms with Crippen LogP contribution in [0.3, 0.4) is 0 Å². The van der Waals surface area contributed by atoms with Gasteiger partial charge in [0.1, 0.15) is 11.8 Å². The van der Waals surface area contributed by atoms with Crippen LogP contribution >= 0.6 is 0 Å². The van der Waals surface area contributed by atoms with Crippen LogP contribution in [0.5, 0.6) is 5.75 Å². The van der Waals surface area contributed by atoms with Crippen molar-refractivity contribution < 1.29 is 9.90 Å². The van der Waals surface area contributed by atoms with Crippen LogP contribution < -0.4 is 5.32 Å². The van der Waals surface area contributed by atoms with Crippen molar-refractivity contribution in [2.24, 2.45) is 5.41 Å². The van der Waals surface area contributed by atoms with Crippen molar-refractivity contribution >= 4 is 5.91 Å². The molecule has 0 saturated heterocycles. The fraction of sp³-hybridized carbons (Fsp3) is 0.467. The maximum Gasteiger partial charge on any atom is 0.251 e. The molecule has 20 heavy (non-hydrogen) atoms. The molecule has 0 spiro atoms. The van der Waals surface area contributed by atoms with E-state index in [1.54, 1.807) is 0 Å². The number of phenols is 1. The second-order valence-electron chi connectivity index (χ2n) is 5.93. The van der Waals surface area contributed by atoms with Gasteiger partial charge >= 0.3 is 0 Å². The average Bonchev–Trinajstić information content (AvgIpc) is 2.34. The lowest BCUT2D eigenvalue weighted by Gasteiger charge is -2.28. The molecule has 1 aromatic rings. The Morgan fingerprint density at radius 1 is 1.45 bits per heavy atom. The Hall–Kier alpha value is -2.06. The van der Waals surface area contributed by atoms with E-state index in [2.05, 4.69) is 24.1 Å². The molecule has 0 bridgehead atoms. The minimum Gasteiger partial charge on any atom is -0.507 e. The molecule has 0 aliphatic heterocycles. The average molecular weight is 275 g/mol. The quantitative estimate of drug-likeness (QED) is 0.855. The first-order chi connectivity index (χ1) is 9.25. The third kappa shape index (κ3) is 4.56. The molecular formula is C15H21N3O2. The number of hydrogen-bond acceptors (Lipinski definition) is 4. The van der Waals surface area contributed by atoms with Crippen LogP contribution in [0.2, 0.25) is 0 Å². The van der Waals surface area contributed by atoms with Crippen LogP contribution in [0.1, 0.15) is 29.8 Å². The van der Waals surface area contributed by atoms with E-state index < -0.39 is 0 Å². The van der Waals surface area contributed by atoms with Gasteiger partial charge in [0, 0.05) is 18.7 Å². The van der Waals surface area contributed by atoms with Gasteiger partial charge in [0.05, 0.1) is 5.56 Å². The number of rotatable bonds is 5. The van der Waals surface area contributed by atoms with Crippen molar-refractivity contribution in [3.05, 3.63) is 29.3 Å². The van der Waals surface area contributed by atoms with Gasteiger partial charge in [-0.1, -0.05) is 13.8 Å². The van der Waals surface area contributed by atoms with E-state index >= 15 is 0 Å². The van der Waals surface area contributed by atoms with Gasteiger partial charge in [-0.2, -0.15) is 5.26 Å². The fourth-order valence-electron chi connectivity index (χ4n) is 2.10. The molecule has 0 saturated carbocycles. The standard InChI is InChI=1S/C15H21N3O2/c1-15(2,10-18(3)4)9-17-14(20)11-5-6-12(8-16)13(19)7-11/h5-7,19H,9-10H2,1-4H3,(H,17,20). The summed E-state index contributed by atoms with van der Waals surface area (Å²) in [6.07, 6.45) is 0. The molecule has 108 valence electrons. The molecule has 0 unspecified atom stereocenters. The van der Waals surface area contributed by atoms with Crippen molar-refractivity contribution in [2.45, 2.75) is 13.8 Å². The third-order valence-corrected chi connectivity index (χ3v) is 2.85. The first-order valence-electron chi connectivity index (χ1n) is 6.41. The SMILES string of the molecule is CN(C)CC(C)(C)CNC(=O)c1ccc(C#N)c(O)c1. The lowest BCUT2D eigenvalue weighted by molar-refractivity contribution is 0.0929. The summed E-state index contributed by atoms with van der Waals surface area (Å²) >= 11 is 0. The molecule has 1 aromatic carbocycles. The predicted octanol–water partition coefficient (Wildman–Crippen LogP) is 1.58. The highest BCUT2D eigenvalue weighted by Gasteiger charge is 2.20. The number of nitrogens with one attached hydrogen (secondary N) is 1. The highest BCUT2D eigenvalue weighted by atomic mass is 16.3. The molecule has 0 aliphatic rings. The lowest BCUT2D eigenvalue weighted by Crippen LogP contribution is -2.39. The number of phenolic OH excluding ortho intramolecular Hbond substituents is 1. The molecule has 1 amide bonds. The zero-order valence-corrected chi connectivity index (χ0v) is 12.4. The summed E-state index contributed by atoms with van der Waals surface area (Å²) < 4.78 is 0. The van der Waals surface area contributed by atoms with Gasteiger partial charge in [-0.3, -0.25) is 4.79 Å². The smallest absolute Gasteiger partial charge is 0.251 e. The van der Waals surface area contributed by atoms with Gasteiger partial charge in [-0.25, -0.2) is 0 Å². The number of carbonyl (C=O) groups is 1. The first-order valence-corrected chi connectivity index (χ1v) is 6.41. The monoisotopic (exact) mass is 275 g/mol. The molecule has 1 rings (SSSR count). The summed E-state index contributed by atoms with van der Waals surface area (Å²) in [6, 6.07) is 6.14.